The van der Waals surface area contributed by atoms with Gasteiger partial charge in [-0.2, -0.15) is 0 Å². The average Bonchev–Trinajstić information content (AvgIpc) is 2.74. The van der Waals surface area contributed by atoms with E-state index in [4.69, 9.17) is 2.74 Å². The molecule has 0 atom stereocenters. The molecule has 0 saturated carbocycles. The van der Waals surface area contributed by atoms with Crippen molar-refractivity contribution in [1.82, 2.24) is 0 Å². The van der Waals surface area contributed by atoms with Crippen LogP contribution in [0.15, 0.2) is 78.9 Å². The third kappa shape index (κ3) is 3.14. The third-order valence-electron chi connectivity index (χ3n) is 5.31. The van der Waals surface area contributed by atoms with E-state index in [2.05, 4.69) is 63.2 Å². The van der Waals surface area contributed by atoms with Crippen LogP contribution in [0.5, 0.6) is 0 Å². The van der Waals surface area contributed by atoms with Gasteiger partial charge in [0.05, 0.1) is 12.3 Å². The molecule has 0 N–H and O–H groups in total. The van der Waals surface area contributed by atoms with Crippen LogP contribution in [0.25, 0.3) is 33.2 Å². The van der Waals surface area contributed by atoms with Crippen LogP contribution in [0.3, 0.4) is 0 Å². The second-order valence-corrected chi connectivity index (χ2v) is 7.45. The summed E-state index contributed by atoms with van der Waals surface area (Å²) < 4.78 is 18.8. The lowest BCUT2D eigenvalue weighted by Crippen LogP contribution is -2.30. The van der Waals surface area contributed by atoms with E-state index >= 15 is 0 Å². The van der Waals surface area contributed by atoms with Crippen molar-refractivity contribution >= 4 is 10.8 Å². The number of rotatable bonds is 3. The van der Waals surface area contributed by atoms with Gasteiger partial charge in [0.2, 0.25) is 5.69 Å². The molecule has 3 aromatic carbocycles. The molecule has 0 aliphatic rings. The number of hydrogen-bond donors (Lipinski definition) is 0. The Morgan fingerprint density at radius 1 is 0.889 bits per heavy atom. The third-order valence-corrected chi connectivity index (χ3v) is 5.31. The van der Waals surface area contributed by atoms with Gasteiger partial charge >= 0.3 is 0 Å². The number of hydrogen-bond acceptors (Lipinski definition) is 0. The zero-order valence-corrected chi connectivity index (χ0v) is 16.4. The molecular formula is C26H26N+. The highest BCUT2D eigenvalue weighted by atomic mass is 14.9. The molecule has 1 heteroatoms. The van der Waals surface area contributed by atoms with Gasteiger partial charge in [-0.05, 0) is 52.6 Å². The molecule has 134 valence electrons. The maximum Gasteiger partial charge on any atom is 0.220 e. The zero-order chi connectivity index (χ0) is 20.7. The van der Waals surface area contributed by atoms with Gasteiger partial charge in [0.1, 0.15) is 8.42 Å². The zero-order valence-electron chi connectivity index (χ0n) is 18.4. The fourth-order valence-electron chi connectivity index (χ4n) is 3.88. The summed E-state index contributed by atoms with van der Waals surface area (Å²) in [5.74, 6) is 0.389. The van der Waals surface area contributed by atoms with E-state index in [1.807, 2.05) is 35.9 Å². The summed E-state index contributed by atoms with van der Waals surface area (Å²) in [5, 5.41) is 1.83. The van der Waals surface area contributed by atoms with Gasteiger partial charge < -0.3 is 0 Å². The standard InChI is InChI=1S/C26H26N/c1-18(2)24-16-22(20-10-6-5-7-11-20)17-25(19(24)3)26-23-13-9-8-12-21(23)14-15-27(26)4/h5-18H,1-4H3/q+1/i14D,15D. The highest BCUT2D eigenvalue weighted by molar-refractivity contribution is 5.94. The van der Waals surface area contributed by atoms with Gasteiger partial charge in [0, 0.05) is 6.04 Å². The maximum absolute atomic E-state index is 8.52. The fourth-order valence-corrected chi connectivity index (χ4v) is 3.88. The Balaban J connectivity index is 2.12. The molecule has 0 aliphatic heterocycles. The van der Waals surface area contributed by atoms with Crippen LogP contribution in [0, 0.1) is 6.92 Å². The number of fused-ring (bicyclic) bond motifs is 1. The number of pyridine rings is 1. The second-order valence-electron chi connectivity index (χ2n) is 7.45. The Hall–Kier alpha value is -2.93. The summed E-state index contributed by atoms with van der Waals surface area (Å²) in [6.45, 7) is 6.62. The predicted octanol–water partition coefficient (Wildman–Crippen LogP) is 6.43. The van der Waals surface area contributed by atoms with E-state index in [1.54, 1.807) is 0 Å². The molecule has 0 radical (unpaired) electrons. The van der Waals surface area contributed by atoms with Crippen molar-refractivity contribution in [1.29, 1.82) is 0 Å². The van der Waals surface area contributed by atoms with Crippen molar-refractivity contribution in [2.24, 2.45) is 7.05 Å². The maximum atomic E-state index is 8.52. The Morgan fingerprint density at radius 3 is 2.33 bits per heavy atom. The van der Waals surface area contributed by atoms with Gasteiger partial charge in [-0.3, -0.25) is 0 Å². The fraction of sp³-hybridized carbons (Fsp3) is 0.192. The minimum Gasteiger partial charge on any atom is -0.200 e. The van der Waals surface area contributed by atoms with Crippen LogP contribution >= 0.6 is 0 Å². The lowest BCUT2D eigenvalue weighted by molar-refractivity contribution is -0.659. The van der Waals surface area contributed by atoms with E-state index in [0.717, 1.165) is 22.0 Å². The van der Waals surface area contributed by atoms with Crippen LogP contribution in [0.1, 0.15) is 33.6 Å². The summed E-state index contributed by atoms with van der Waals surface area (Å²) in [6, 6.07) is 23.2. The quantitative estimate of drug-likeness (QED) is 0.373. The number of nitrogens with zero attached hydrogens (tertiary/aromatic N) is 1. The highest BCUT2D eigenvalue weighted by Crippen LogP contribution is 2.36. The Labute approximate surface area is 164 Å². The van der Waals surface area contributed by atoms with Gasteiger partial charge in [0.25, 0.3) is 0 Å². The van der Waals surface area contributed by atoms with Gasteiger partial charge in [-0.15, -0.1) is 0 Å². The van der Waals surface area contributed by atoms with Crippen molar-refractivity contribution in [3.63, 3.8) is 0 Å². The Bertz CT molecular complexity index is 1210. The molecule has 0 fully saturated rings. The van der Waals surface area contributed by atoms with Gasteiger partial charge in [-0.25, -0.2) is 4.57 Å². The van der Waals surface area contributed by atoms with Gasteiger partial charge in [-0.1, -0.05) is 68.4 Å². The van der Waals surface area contributed by atoms with E-state index in [1.165, 1.54) is 22.3 Å². The number of benzene rings is 3. The first-order chi connectivity index (χ1) is 13.9. The molecule has 0 amide bonds. The van der Waals surface area contributed by atoms with Crippen molar-refractivity contribution in [3.8, 4) is 22.4 Å². The smallest absolute Gasteiger partial charge is 0.200 e. The first-order valence-corrected chi connectivity index (χ1v) is 9.48. The molecule has 4 rings (SSSR count). The van der Waals surface area contributed by atoms with Crippen molar-refractivity contribution in [2.75, 3.05) is 0 Å². The molecule has 4 aromatic rings. The van der Waals surface area contributed by atoms with Crippen molar-refractivity contribution in [3.05, 3.63) is 90.1 Å². The second kappa shape index (κ2) is 7.00. The van der Waals surface area contributed by atoms with Gasteiger partial charge in [0.15, 0.2) is 6.17 Å². The molecule has 1 heterocycles. The lowest BCUT2D eigenvalue weighted by Gasteiger charge is -2.17. The van der Waals surface area contributed by atoms with Crippen molar-refractivity contribution in [2.45, 2.75) is 26.7 Å². The number of aromatic nitrogens is 1. The molecule has 0 aliphatic carbocycles. The summed E-state index contributed by atoms with van der Waals surface area (Å²) in [7, 11) is 1.89. The highest BCUT2D eigenvalue weighted by Gasteiger charge is 2.20. The van der Waals surface area contributed by atoms with Crippen LogP contribution in [0.4, 0.5) is 0 Å². The van der Waals surface area contributed by atoms with Crippen molar-refractivity contribution < 1.29 is 7.31 Å². The predicted molar refractivity (Wildman–Crippen MR) is 115 cm³/mol. The topological polar surface area (TPSA) is 3.88 Å². The van der Waals surface area contributed by atoms with E-state index in [0.29, 0.717) is 5.92 Å². The summed E-state index contributed by atoms with van der Waals surface area (Å²) in [4.78, 5) is 0. The van der Waals surface area contributed by atoms with E-state index < -0.39 is 0 Å². The largest absolute Gasteiger partial charge is 0.220 e. The molecule has 0 bridgehead atoms. The first-order valence-electron chi connectivity index (χ1n) is 10.5. The molecular weight excluding hydrogens is 326 g/mol. The molecule has 1 aromatic heterocycles. The minimum atomic E-state index is 0.231. The molecule has 0 unspecified atom stereocenters. The minimum absolute atomic E-state index is 0.231. The van der Waals surface area contributed by atoms with E-state index in [9.17, 15) is 0 Å². The monoisotopic (exact) mass is 354 g/mol. The summed E-state index contributed by atoms with van der Waals surface area (Å²) in [6.07, 6.45) is 0.231. The molecule has 0 saturated heterocycles. The normalized spacial score (nSPS) is 12.3. The van der Waals surface area contributed by atoms with Crippen LogP contribution < -0.4 is 4.57 Å². The first kappa shape index (κ1) is 15.2. The SMILES string of the molecule is [2H]c1c([2H])[n+](C)c(-c2cc(-c3ccccc3)cc(C(C)C)c2C)c2ccccc12. The summed E-state index contributed by atoms with van der Waals surface area (Å²) in [5.41, 5.74) is 7.04. The van der Waals surface area contributed by atoms with Crippen LogP contribution in [-0.2, 0) is 7.05 Å². The molecule has 1 nitrogen and oxygen atoms in total. The lowest BCUT2D eigenvalue weighted by atomic mass is 9.87. The Morgan fingerprint density at radius 2 is 1.59 bits per heavy atom. The average molecular weight is 355 g/mol. The van der Waals surface area contributed by atoms with Crippen LogP contribution in [0.2, 0.25) is 0 Å². The van der Waals surface area contributed by atoms with E-state index in [-0.39, 0.29) is 12.2 Å². The van der Waals surface area contributed by atoms with Crippen LogP contribution in [-0.4, -0.2) is 0 Å². The molecule has 0 spiro atoms. The summed E-state index contributed by atoms with van der Waals surface area (Å²) >= 11 is 0. The molecule has 27 heavy (non-hydrogen) atoms. The Kier molecular flexibility index (Phi) is 3.93.